The highest BCUT2D eigenvalue weighted by atomic mass is 16.4. The van der Waals surface area contributed by atoms with E-state index in [-0.39, 0.29) is 5.78 Å². The molecule has 0 spiro atoms. The summed E-state index contributed by atoms with van der Waals surface area (Å²) in [5.74, 6) is -0.703. The number of hydrogen-bond acceptors (Lipinski definition) is 3. The molecule has 1 aromatic rings. The van der Waals surface area contributed by atoms with Crippen LogP contribution in [0.4, 0.5) is 5.69 Å². The summed E-state index contributed by atoms with van der Waals surface area (Å²) in [7, 11) is 0. The van der Waals surface area contributed by atoms with Gasteiger partial charge >= 0.3 is 5.97 Å². The van der Waals surface area contributed by atoms with Crippen molar-refractivity contribution < 1.29 is 14.7 Å². The van der Waals surface area contributed by atoms with Crippen molar-refractivity contribution in [3.63, 3.8) is 0 Å². The number of ketones is 1. The first-order valence-corrected chi connectivity index (χ1v) is 5.62. The van der Waals surface area contributed by atoms with Gasteiger partial charge in [0.15, 0.2) is 5.78 Å². The molecule has 90 valence electrons. The molecule has 17 heavy (non-hydrogen) atoms. The summed E-state index contributed by atoms with van der Waals surface area (Å²) in [6.07, 6.45) is 1.47. The predicted octanol–water partition coefficient (Wildman–Crippen LogP) is 2.17. The van der Waals surface area contributed by atoms with Gasteiger partial charge in [-0.15, -0.1) is 0 Å². The predicted molar refractivity (Wildman–Crippen MR) is 64.2 cm³/mol. The summed E-state index contributed by atoms with van der Waals surface area (Å²) < 4.78 is 0. The molecule has 0 amide bonds. The van der Waals surface area contributed by atoms with Gasteiger partial charge in [-0.3, -0.25) is 9.59 Å². The Morgan fingerprint density at radius 2 is 1.88 bits per heavy atom. The van der Waals surface area contributed by atoms with Crippen LogP contribution >= 0.6 is 0 Å². The van der Waals surface area contributed by atoms with E-state index in [0.717, 1.165) is 18.5 Å². The summed E-state index contributed by atoms with van der Waals surface area (Å²) in [6.45, 7) is 1.97. The van der Waals surface area contributed by atoms with E-state index in [9.17, 15) is 9.59 Å². The van der Waals surface area contributed by atoms with Gasteiger partial charge in [0.2, 0.25) is 0 Å². The molecule has 0 aliphatic heterocycles. The number of carbonyl (C=O) groups excluding carboxylic acids is 1. The van der Waals surface area contributed by atoms with Crippen molar-refractivity contribution >= 4 is 17.4 Å². The number of carboxylic acid groups (broad SMARTS) is 1. The smallest absolute Gasteiger partial charge is 0.311 e. The molecule has 4 nitrogen and oxygen atoms in total. The molecule has 2 N–H and O–H groups in total. The van der Waals surface area contributed by atoms with E-state index in [1.165, 1.54) is 6.92 Å². The Hall–Kier alpha value is -1.84. The van der Waals surface area contributed by atoms with Crippen molar-refractivity contribution in [2.75, 3.05) is 11.9 Å². The Kier molecular flexibility index (Phi) is 2.88. The fraction of sp³-hybridized carbons (Fsp3) is 0.385. The molecule has 1 aliphatic carbocycles. The van der Waals surface area contributed by atoms with Gasteiger partial charge in [-0.05, 0) is 44.0 Å². The van der Waals surface area contributed by atoms with Crippen LogP contribution in [0.3, 0.4) is 0 Å². The lowest BCUT2D eigenvalue weighted by molar-refractivity contribution is -0.142. The summed E-state index contributed by atoms with van der Waals surface area (Å²) >= 11 is 0. The Labute approximate surface area is 99.6 Å². The van der Waals surface area contributed by atoms with Crippen LogP contribution in [-0.2, 0) is 4.79 Å². The highest BCUT2D eigenvalue weighted by Gasteiger charge is 2.49. The van der Waals surface area contributed by atoms with Crippen LogP contribution in [0.25, 0.3) is 0 Å². The van der Waals surface area contributed by atoms with Crippen LogP contribution in [0.5, 0.6) is 0 Å². The average Bonchev–Trinajstić information content (AvgIpc) is 3.08. The molecule has 1 saturated carbocycles. The minimum atomic E-state index is -0.731. The molecule has 0 heterocycles. The summed E-state index contributed by atoms with van der Waals surface area (Å²) in [4.78, 5) is 22.0. The molecule has 4 heteroatoms. The minimum Gasteiger partial charge on any atom is -0.481 e. The van der Waals surface area contributed by atoms with Crippen LogP contribution in [-0.4, -0.2) is 23.4 Å². The van der Waals surface area contributed by atoms with Gasteiger partial charge in [0.25, 0.3) is 0 Å². The number of nitrogens with one attached hydrogen (secondary N) is 1. The van der Waals surface area contributed by atoms with E-state index >= 15 is 0 Å². The Bertz CT molecular complexity index is 446. The van der Waals surface area contributed by atoms with Gasteiger partial charge < -0.3 is 10.4 Å². The van der Waals surface area contributed by atoms with E-state index in [4.69, 9.17) is 5.11 Å². The zero-order chi connectivity index (χ0) is 12.5. The molecule has 1 fully saturated rings. The maximum Gasteiger partial charge on any atom is 0.311 e. The maximum absolute atomic E-state index is 11.1. The van der Waals surface area contributed by atoms with E-state index < -0.39 is 11.4 Å². The number of anilines is 1. The molecule has 0 atom stereocenters. The fourth-order valence-corrected chi connectivity index (χ4v) is 1.71. The monoisotopic (exact) mass is 233 g/mol. The number of aliphatic carboxylic acids is 1. The van der Waals surface area contributed by atoms with E-state index in [1.54, 1.807) is 24.3 Å². The molecular formula is C13H15NO3. The number of Topliss-reactive ketones (excluding diaryl/α,β-unsaturated/α-hetero) is 1. The van der Waals surface area contributed by atoms with Crippen molar-refractivity contribution in [3.05, 3.63) is 29.8 Å². The average molecular weight is 233 g/mol. The van der Waals surface area contributed by atoms with Gasteiger partial charge in [0.05, 0.1) is 5.41 Å². The first-order chi connectivity index (χ1) is 8.03. The zero-order valence-electron chi connectivity index (χ0n) is 9.69. The van der Waals surface area contributed by atoms with Gasteiger partial charge in [-0.2, -0.15) is 0 Å². The van der Waals surface area contributed by atoms with Gasteiger partial charge in [-0.25, -0.2) is 0 Å². The molecule has 0 radical (unpaired) electrons. The zero-order valence-corrected chi connectivity index (χ0v) is 9.69. The van der Waals surface area contributed by atoms with Crippen LogP contribution in [0.15, 0.2) is 24.3 Å². The summed E-state index contributed by atoms with van der Waals surface area (Å²) in [6, 6.07) is 7.08. The number of carboxylic acids is 1. The summed E-state index contributed by atoms with van der Waals surface area (Å²) in [5.41, 5.74) is 0.941. The SMILES string of the molecule is CC(=O)c1ccc(NCC2(C(=O)O)CC2)cc1. The lowest BCUT2D eigenvalue weighted by Gasteiger charge is -2.12. The second-order valence-corrected chi connectivity index (χ2v) is 4.57. The molecule has 0 bridgehead atoms. The Morgan fingerprint density at radius 1 is 1.29 bits per heavy atom. The third-order valence-electron chi connectivity index (χ3n) is 3.23. The lowest BCUT2D eigenvalue weighted by Crippen LogP contribution is -2.24. The highest BCUT2D eigenvalue weighted by molar-refractivity contribution is 5.94. The highest BCUT2D eigenvalue weighted by Crippen LogP contribution is 2.45. The molecule has 2 rings (SSSR count). The summed E-state index contributed by atoms with van der Waals surface area (Å²) in [5, 5.41) is 12.1. The second kappa shape index (κ2) is 4.20. The number of benzene rings is 1. The number of hydrogen-bond donors (Lipinski definition) is 2. The van der Waals surface area contributed by atoms with E-state index in [1.807, 2.05) is 0 Å². The first kappa shape index (κ1) is 11.6. The van der Waals surface area contributed by atoms with Crippen LogP contribution < -0.4 is 5.32 Å². The molecular weight excluding hydrogens is 218 g/mol. The largest absolute Gasteiger partial charge is 0.481 e. The number of rotatable bonds is 5. The quantitative estimate of drug-likeness (QED) is 0.765. The van der Waals surface area contributed by atoms with Crippen molar-refractivity contribution in [3.8, 4) is 0 Å². The van der Waals surface area contributed by atoms with Crippen molar-refractivity contribution in [1.82, 2.24) is 0 Å². The van der Waals surface area contributed by atoms with Gasteiger partial charge in [0, 0.05) is 17.8 Å². The third-order valence-corrected chi connectivity index (χ3v) is 3.23. The van der Waals surface area contributed by atoms with Crippen molar-refractivity contribution in [2.45, 2.75) is 19.8 Å². The fourth-order valence-electron chi connectivity index (χ4n) is 1.71. The second-order valence-electron chi connectivity index (χ2n) is 4.57. The van der Waals surface area contributed by atoms with Gasteiger partial charge in [0.1, 0.15) is 0 Å². The molecule has 0 aromatic heterocycles. The Morgan fingerprint density at radius 3 is 2.29 bits per heavy atom. The van der Waals surface area contributed by atoms with Crippen molar-refractivity contribution in [1.29, 1.82) is 0 Å². The topological polar surface area (TPSA) is 66.4 Å². The Balaban J connectivity index is 1.96. The molecule has 0 saturated heterocycles. The molecule has 1 aromatic carbocycles. The van der Waals surface area contributed by atoms with Crippen LogP contribution in [0.1, 0.15) is 30.1 Å². The number of carbonyl (C=O) groups is 2. The lowest BCUT2D eigenvalue weighted by atomic mass is 10.1. The van der Waals surface area contributed by atoms with Crippen LogP contribution in [0, 0.1) is 5.41 Å². The minimum absolute atomic E-state index is 0.0285. The molecule has 1 aliphatic rings. The maximum atomic E-state index is 11.1. The van der Waals surface area contributed by atoms with E-state index in [0.29, 0.717) is 12.1 Å². The first-order valence-electron chi connectivity index (χ1n) is 5.62. The van der Waals surface area contributed by atoms with Crippen molar-refractivity contribution in [2.24, 2.45) is 5.41 Å². The molecule has 0 unspecified atom stereocenters. The van der Waals surface area contributed by atoms with E-state index in [2.05, 4.69) is 5.32 Å². The van der Waals surface area contributed by atoms with Crippen LogP contribution in [0.2, 0.25) is 0 Å². The third kappa shape index (κ3) is 2.46. The van der Waals surface area contributed by atoms with Gasteiger partial charge in [-0.1, -0.05) is 0 Å². The normalized spacial score (nSPS) is 16.3. The standard InChI is InChI=1S/C13H15NO3/c1-9(15)10-2-4-11(5-3-10)14-8-13(6-7-13)12(16)17/h2-5,14H,6-8H2,1H3,(H,16,17).